The number of ether oxygens (including phenoxy) is 1. The number of anilines is 1. The van der Waals surface area contributed by atoms with Crippen molar-refractivity contribution in [2.75, 3.05) is 32.1 Å². The van der Waals surface area contributed by atoms with Crippen molar-refractivity contribution in [3.63, 3.8) is 0 Å². The number of nitrogens with zero attached hydrogens (tertiary/aromatic N) is 4. The van der Waals surface area contributed by atoms with Gasteiger partial charge in [-0.1, -0.05) is 6.07 Å². The molecule has 7 heteroatoms. The van der Waals surface area contributed by atoms with Gasteiger partial charge in [0.2, 0.25) is 5.88 Å². The first kappa shape index (κ1) is 14.8. The quantitative estimate of drug-likeness (QED) is 0.862. The molecule has 0 spiro atoms. The highest BCUT2D eigenvalue weighted by molar-refractivity contribution is 7.12. The summed E-state index contributed by atoms with van der Waals surface area (Å²) in [5.74, 6) is 1.37. The second-order valence-corrected chi connectivity index (χ2v) is 6.33. The van der Waals surface area contributed by atoms with Crippen LogP contribution >= 0.6 is 11.3 Å². The Morgan fingerprint density at radius 2 is 2.23 bits per heavy atom. The summed E-state index contributed by atoms with van der Waals surface area (Å²) in [6.07, 6.45) is 0.789. The van der Waals surface area contributed by atoms with Gasteiger partial charge in [-0.25, -0.2) is 0 Å². The molecule has 1 atom stereocenters. The van der Waals surface area contributed by atoms with Gasteiger partial charge in [0.15, 0.2) is 5.82 Å². The molecule has 0 N–H and O–H groups in total. The van der Waals surface area contributed by atoms with E-state index in [9.17, 15) is 4.79 Å². The molecule has 0 saturated carbocycles. The molecule has 6 nitrogen and oxygen atoms in total. The summed E-state index contributed by atoms with van der Waals surface area (Å²) in [6, 6.07) is 7.43. The summed E-state index contributed by atoms with van der Waals surface area (Å²) >= 11 is 1.47. The number of likely N-dealkylation sites (tertiary alicyclic amines) is 1. The van der Waals surface area contributed by atoms with Crippen LogP contribution < -0.4 is 9.64 Å². The molecule has 1 aliphatic rings. The maximum Gasteiger partial charge on any atom is 0.264 e. The highest BCUT2D eigenvalue weighted by Crippen LogP contribution is 2.20. The standard InChI is InChI=1S/C15H18N4O2S/c1-18(2)13-5-6-14(17-16-13)21-11-7-8-19(10-11)15(20)12-4-3-9-22-12/h3-6,9,11H,7-8,10H2,1-2H3/t11-/m1/s1. The maximum absolute atomic E-state index is 12.3. The zero-order valence-electron chi connectivity index (χ0n) is 12.6. The fraction of sp³-hybridized carbons (Fsp3) is 0.400. The lowest BCUT2D eigenvalue weighted by atomic mass is 10.3. The third kappa shape index (κ3) is 3.19. The Labute approximate surface area is 133 Å². The summed E-state index contributed by atoms with van der Waals surface area (Å²) in [5, 5.41) is 10.1. The largest absolute Gasteiger partial charge is 0.471 e. The second-order valence-electron chi connectivity index (χ2n) is 5.38. The molecule has 3 heterocycles. The van der Waals surface area contributed by atoms with Crippen molar-refractivity contribution in [2.45, 2.75) is 12.5 Å². The maximum atomic E-state index is 12.3. The SMILES string of the molecule is CN(C)c1ccc(O[C@@H]2CCN(C(=O)c3cccs3)C2)nn1. The topological polar surface area (TPSA) is 58.6 Å². The lowest BCUT2D eigenvalue weighted by Gasteiger charge is -2.16. The molecule has 2 aromatic rings. The van der Waals surface area contributed by atoms with E-state index in [-0.39, 0.29) is 12.0 Å². The summed E-state index contributed by atoms with van der Waals surface area (Å²) < 4.78 is 5.83. The highest BCUT2D eigenvalue weighted by atomic mass is 32.1. The molecule has 22 heavy (non-hydrogen) atoms. The Balaban J connectivity index is 1.58. The van der Waals surface area contributed by atoms with E-state index in [1.807, 2.05) is 53.5 Å². The third-order valence-electron chi connectivity index (χ3n) is 3.54. The van der Waals surface area contributed by atoms with E-state index in [1.165, 1.54) is 11.3 Å². The Hall–Kier alpha value is -2.15. The first-order chi connectivity index (χ1) is 10.6. The summed E-state index contributed by atoms with van der Waals surface area (Å²) in [6.45, 7) is 1.30. The molecule has 0 aromatic carbocycles. The van der Waals surface area contributed by atoms with E-state index in [0.717, 1.165) is 17.1 Å². The summed E-state index contributed by atoms with van der Waals surface area (Å²) in [5.41, 5.74) is 0. The van der Waals surface area contributed by atoms with E-state index in [1.54, 1.807) is 0 Å². The van der Waals surface area contributed by atoms with Gasteiger partial charge < -0.3 is 14.5 Å². The van der Waals surface area contributed by atoms with Gasteiger partial charge in [-0.3, -0.25) is 4.79 Å². The molecule has 116 valence electrons. The lowest BCUT2D eigenvalue weighted by Crippen LogP contribution is -2.30. The molecular weight excluding hydrogens is 300 g/mol. The van der Waals surface area contributed by atoms with Crippen molar-refractivity contribution < 1.29 is 9.53 Å². The van der Waals surface area contributed by atoms with Crippen LogP contribution in [0.2, 0.25) is 0 Å². The molecule has 0 bridgehead atoms. The molecule has 1 aliphatic heterocycles. The Morgan fingerprint density at radius 3 is 2.86 bits per heavy atom. The number of rotatable bonds is 4. The van der Waals surface area contributed by atoms with Gasteiger partial charge in [-0.15, -0.1) is 21.5 Å². The van der Waals surface area contributed by atoms with Gasteiger partial charge in [0.05, 0.1) is 11.4 Å². The minimum absolute atomic E-state index is 0.0246. The van der Waals surface area contributed by atoms with E-state index < -0.39 is 0 Å². The van der Waals surface area contributed by atoms with Crippen molar-refractivity contribution in [1.82, 2.24) is 15.1 Å². The first-order valence-corrected chi connectivity index (χ1v) is 8.02. The highest BCUT2D eigenvalue weighted by Gasteiger charge is 2.29. The molecule has 1 fully saturated rings. The molecule has 0 radical (unpaired) electrons. The molecule has 3 rings (SSSR count). The predicted octanol–water partition coefficient (Wildman–Crippen LogP) is 1.90. The Bertz CT molecular complexity index is 628. The van der Waals surface area contributed by atoms with Crippen LogP contribution in [0.15, 0.2) is 29.6 Å². The van der Waals surface area contributed by atoms with Crippen LogP contribution in [0.3, 0.4) is 0 Å². The molecule has 0 aliphatic carbocycles. The molecule has 2 aromatic heterocycles. The van der Waals surface area contributed by atoms with E-state index in [4.69, 9.17) is 4.74 Å². The molecule has 0 unspecified atom stereocenters. The second kappa shape index (κ2) is 6.31. The Morgan fingerprint density at radius 1 is 1.36 bits per heavy atom. The van der Waals surface area contributed by atoms with E-state index in [2.05, 4.69) is 10.2 Å². The lowest BCUT2D eigenvalue weighted by molar-refractivity contribution is 0.0775. The van der Waals surface area contributed by atoms with Crippen LogP contribution in [0, 0.1) is 0 Å². The minimum Gasteiger partial charge on any atom is -0.471 e. The monoisotopic (exact) mass is 318 g/mol. The smallest absolute Gasteiger partial charge is 0.264 e. The van der Waals surface area contributed by atoms with Crippen molar-refractivity contribution >= 4 is 23.1 Å². The van der Waals surface area contributed by atoms with Gasteiger partial charge in [0, 0.05) is 33.1 Å². The fourth-order valence-electron chi connectivity index (χ4n) is 2.35. The number of thiophene rings is 1. The van der Waals surface area contributed by atoms with Gasteiger partial charge >= 0.3 is 0 Å². The number of aromatic nitrogens is 2. The fourth-order valence-corrected chi connectivity index (χ4v) is 3.04. The molecule has 1 saturated heterocycles. The summed E-state index contributed by atoms with van der Waals surface area (Å²) in [7, 11) is 3.82. The van der Waals surface area contributed by atoms with Crippen LogP contribution in [0.25, 0.3) is 0 Å². The van der Waals surface area contributed by atoms with E-state index in [0.29, 0.717) is 19.0 Å². The van der Waals surface area contributed by atoms with Crippen molar-refractivity contribution in [1.29, 1.82) is 0 Å². The van der Waals surface area contributed by atoms with Crippen molar-refractivity contribution in [3.05, 3.63) is 34.5 Å². The average molecular weight is 318 g/mol. The number of carbonyl (C=O) groups excluding carboxylic acids is 1. The van der Waals surface area contributed by atoms with Crippen molar-refractivity contribution in [3.8, 4) is 5.88 Å². The van der Waals surface area contributed by atoms with Crippen LogP contribution in [-0.4, -0.2) is 54.3 Å². The third-order valence-corrected chi connectivity index (χ3v) is 4.39. The zero-order chi connectivity index (χ0) is 15.5. The first-order valence-electron chi connectivity index (χ1n) is 7.14. The van der Waals surface area contributed by atoms with Crippen LogP contribution in [0.1, 0.15) is 16.1 Å². The molecular formula is C15H18N4O2S. The van der Waals surface area contributed by atoms with Crippen LogP contribution in [-0.2, 0) is 0 Å². The summed E-state index contributed by atoms with van der Waals surface area (Å²) in [4.78, 5) is 16.8. The van der Waals surface area contributed by atoms with Crippen LogP contribution in [0.5, 0.6) is 5.88 Å². The normalized spacial score (nSPS) is 17.5. The number of carbonyl (C=O) groups is 1. The average Bonchev–Trinajstić information content (AvgIpc) is 3.19. The van der Waals surface area contributed by atoms with Gasteiger partial charge in [0.25, 0.3) is 5.91 Å². The van der Waals surface area contributed by atoms with E-state index >= 15 is 0 Å². The van der Waals surface area contributed by atoms with Crippen molar-refractivity contribution in [2.24, 2.45) is 0 Å². The van der Waals surface area contributed by atoms with Crippen LogP contribution in [0.4, 0.5) is 5.82 Å². The predicted molar refractivity (Wildman–Crippen MR) is 85.6 cm³/mol. The minimum atomic E-state index is -0.0246. The van der Waals surface area contributed by atoms with Gasteiger partial charge in [0.1, 0.15) is 6.10 Å². The number of hydrogen-bond donors (Lipinski definition) is 0. The van der Waals surface area contributed by atoms with Gasteiger partial charge in [-0.05, 0) is 17.5 Å². The number of hydrogen-bond acceptors (Lipinski definition) is 6. The number of amides is 1. The zero-order valence-corrected chi connectivity index (χ0v) is 13.4. The molecule has 1 amide bonds. The van der Waals surface area contributed by atoms with Gasteiger partial charge in [-0.2, -0.15) is 0 Å². The Kier molecular flexibility index (Phi) is 4.24.